The first-order chi connectivity index (χ1) is 8.36. The Hall–Kier alpha value is -1.65. The van der Waals surface area contributed by atoms with Crippen molar-refractivity contribution < 1.29 is 0 Å². The molecular formula is C13H13N3S. The van der Waals surface area contributed by atoms with Gasteiger partial charge in [0.15, 0.2) is 0 Å². The summed E-state index contributed by atoms with van der Waals surface area (Å²) in [6.07, 6.45) is 4.04. The molecule has 2 N–H and O–H groups in total. The largest absolute Gasteiger partial charge is 0.342 e. The molecule has 0 fully saturated rings. The van der Waals surface area contributed by atoms with Gasteiger partial charge in [-0.1, -0.05) is 6.07 Å². The first-order valence-electron chi connectivity index (χ1n) is 5.52. The van der Waals surface area contributed by atoms with Gasteiger partial charge in [-0.3, -0.25) is 4.98 Å². The van der Waals surface area contributed by atoms with Crippen LogP contribution in [0, 0.1) is 0 Å². The normalized spacial score (nSPS) is 11.1. The van der Waals surface area contributed by atoms with Crippen molar-refractivity contribution in [2.75, 3.05) is 0 Å². The molecule has 86 valence electrons. The molecule has 4 heteroatoms. The molecule has 2 heterocycles. The molecule has 3 rings (SSSR count). The maximum absolute atomic E-state index is 5.64. The SMILES string of the molecule is NCc1ccc2c(ccn2Cc2cncs2)c1. The number of hydrogen-bond acceptors (Lipinski definition) is 3. The predicted octanol–water partition coefficient (Wildman–Crippen LogP) is 2.60. The molecule has 0 amide bonds. The third kappa shape index (κ3) is 1.97. The lowest BCUT2D eigenvalue weighted by Crippen LogP contribution is -1.97. The van der Waals surface area contributed by atoms with Crippen molar-refractivity contribution >= 4 is 22.2 Å². The van der Waals surface area contributed by atoms with E-state index in [-0.39, 0.29) is 0 Å². The summed E-state index contributed by atoms with van der Waals surface area (Å²) in [5.74, 6) is 0. The molecule has 0 aliphatic rings. The Bertz CT molecular complexity index is 625. The molecule has 0 saturated carbocycles. The van der Waals surface area contributed by atoms with Gasteiger partial charge in [-0.2, -0.15) is 0 Å². The van der Waals surface area contributed by atoms with Gasteiger partial charge in [-0.25, -0.2) is 0 Å². The number of thiazole rings is 1. The highest BCUT2D eigenvalue weighted by molar-refractivity contribution is 7.09. The van der Waals surface area contributed by atoms with Crippen molar-refractivity contribution in [1.82, 2.24) is 9.55 Å². The van der Waals surface area contributed by atoms with Crippen LogP contribution in [-0.2, 0) is 13.1 Å². The van der Waals surface area contributed by atoms with Crippen LogP contribution in [0.3, 0.4) is 0 Å². The summed E-state index contributed by atoms with van der Waals surface area (Å²) in [6.45, 7) is 1.48. The third-order valence-corrected chi connectivity index (χ3v) is 3.65. The summed E-state index contributed by atoms with van der Waals surface area (Å²) in [6, 6.07) is 8.51. The average Bonchev–Trinajstić information content (AvgIpc) is 2.99. The lowest BCUT2D eigenvalue weighted by atomic mass is 10.1. The van der Waals surface area contributed by atoms with E-state index >= 15 is 0 Å². The first kappa shape index (κ1) is 10.5. The second kappa shape index (κ2) is 4.31. The molecule has 2 aromatic heterocycles. The monoisotopic (exact) mass is 243 g/mol. The minimum Gasteiger partial charge on any atom is -0.342 e. The van der Waals surface area contributed by atoms with E-state index in [1.54, 1.807) is 11.3 Å². The van der Waals surface area contributed by atoms with Crippen LogP contribution in [0.5, 0.6) is 0 Å². The topological polar surface area (TPSA) is 43.8 Å². The first-order valence-corrected chi connectivity index (χ1v) is 6.40. The zero-order valence-electron chi connectivity index (χ0n) is 9.34. The van der Waals surface area contributed by atoms with Gasteiger partial charge >= 0.3 is 0 Å². The summed E-state index contributed by atoms with van der Waals surface area (Å²) in [5.41, 5.74) is 9.93. The van der Waals surface area contributed by atoms with Crippen LogP contribution in [0.4, 0.5) is 0 Å². The highest BCUT2D eigenvalue weighted by Gasteiger charge is 2.03. The van der Waals surface area contributed by atoms with Gasteiger partial charge in [-0.15, -0.1) is 11.3 Å². The van der Waals surface area contributed by atoms with Gasteiger partial charge in [0.2, 0.25) is 0 Å². The van der Waals surface area contributed by atoms with E-state index in [0.29, 0.717) is 6.54 Å². The molecule has 0 bridgehead atoms. The Morgan fingerprint density at radius 1 is 1.29 bits per heavy atom. The fourth-order valence-electron chi connectivity index (χ4n) is 2.00. The van der Waals surface area contributed by atoms with Crippen molar-refractivity contribution in [3.8, 4) is 0 Å². The number of rotatable bonds is 3. The molecule has 1 aromatic carbocycles. The predicted molar refractivity (Wildman–Crippen MR) is 71.0 cm³/mol. The minimum absolute atomic E-state index is 0.593. The van der Waals surface area contributed by atoms with E-state index < -0.39 is 0 Å². The van der Waals surface area contributed by atoms with E-state index in [9.17, 15) is 0 Å². The summed E-state index contributed by atoms with van der Waals surface area (Å²) in [5, 5.41) is 1.25. The zero-order chi connectivity index (χ0) is 11.7. The number of fused-ring (bicyclic) bond motifs is 1. The summed E-state index contributed by atoms with van der Waals surface area (Å²) < 4.78 is 2.24. The van der Waals surface area contributed by atoms with Crippen LogP contribution >= 0.6 is 11.3 Å². The molecule has 0 saturated heterocycles. The van der Waals surface area contributed by atoms with E-state index in [1.165, 1.54) is 21.3 Å². The molecule has 0 spiro atoms. The second-order valence-electron chi connectivity index (χ2n) is 4.01. The van der Waals surface area contributed by atoms with Gasteiger partial charge in [0.05, 0.1) is 12.1 Å². The number of hydrogen-bond donors (Lipinski definition) is 1. The molecular weight excluding hydrogens is 230 g/mol. The van der Waals surface area contributed by atoms with Gasteiger partial charge in [-0.05, 0) is 29.1 Å². The fraction of sp³-hybridized carbons (Fsp3) is 0.154. The van der Waals surface area contributed by atoms with E-state index in [4.69, 9.17) is 5.73 Å². The molecule has 0 atom stereocenters. The molecule has 0 radical (unpaired) electrons. The summed E-state index contributed by atoms with van der Waals surface area (Å²) in [7, 11) is 0. The maximum Gasteiger partial charge on any atom is 0.0794 e. The molecule has 0 unspecified atom stereocenters. The minimum atomic E-state index is 0.593. The van der Waals surface area contributed by atoms with Crippen LogP contribution < -0.4 is 5.73 Å². The second-order valence-corrected chi connectivity index (χ2v) is 4.98. The van der Waals surface area contributed by atoms with Crippen molar-refractivity contribution in [1.29, 1.82) is 0 Å². The van der Waals surface area contributed by atoms with Crippen LogP contribution in [0.25, 0.3) is 10.9 Å². The van der Waals surface area contributed by atoms with Crippen LogP contribution in [0.2, 0.25) is 0 Å². The van der Waals surface area contributed by atoms with Gasteiger partial charge < -0.3 is 10.3 Å². The van der Waals surface area contributed by atoms with E-state index in [1.807, 2.05) is 11.7 Å². The highest BCUT2D eigenvalue weighted by atomic mass is 32.1. The number of nitrogens with zero attached hydrogens (tertiary/aromatic N) is 2. The molecule has 3 nitrogen and oxygen atoms in total. The lowest BCUT2D eigenvalue weighted by Gasteiger charge is -2.03. The summed E-state index contributed by atoms with van der Waals surface area (Å²) >= 11 is 1.69. The number of aromatic nitrogens is 2. The van der Waals surface area contributed by atoms with E-state index in [0.717, 1.165) is 6.54 Å². The third-order valence-electron chi connectivity index (χ3n) is 2.88. The Morgan fingerprint density at radius 3 is 3.00 bits per heavy atom. The zero-order valence-corrected chi connectivity index (χ0v) is 10.2. The Kier molecular flexibility index (Phi) is 2.66. The summed E-state index contributed by atoms with van der Waals surface area (Å²) in [4.78, 5) is 5.37. The average molecular weight is 243 g/mol. The quantitative estimate of drug-likeness (QED) is 0.768. The van der Waals surface area contributed by atoms with Crippen molar-refractivity contribution in [3.05, 3.63) is 52.6 Å². The standard InChI is InChI=1S/C13H13N3S/c14-6-10-1-2-13-11(5-10)3-4-16(13)8-12-7-15-9-17-12/h1-5,7,9H,6,8,14H2. The van der Waals surface area contributed by atoms with Crippen LogP contribution in [0.1, 0.15) is 10.4 Å². The van der Waals surface area contributed by atoms with Crippen molar-refractivity contribution in [2.24, 2.45) is 5.73 Å². The van der Waals surface area contributed by atoms with Crippen LogP contribution in [0.15, 0.2) is 42.2 Å². The van der Waals surface area contributed by atoms with Gasteiger partial charge in [0.1, 0.15) is 0 Å². The maximum atomic E-state index is 5.64. The smallest absolute Gasteiger partial charge is 0.0794 e. The molecule has 0 aliphatic heterocycles. The molecule has 17 heavy (non-hydrogen) atoms. The molecule has 3 aromatic rings. The van der Waals surface area contributed by atoms with Crippen molar-refractivity contribution in [3.63, 3.8) is 0 Å². The van der Waals surface area contributed by atoms with Crippen molar-refractivity contribution in [2.45, 2.75) is 13.1 Å². The highest BCUT2D eigenvalue weighted by Crippen LogP contribution is 2.19. The Morgan fingerprint density at radius 2 is 2.24 bits per heavy atom. The fourth-order valence-corrected chi connectivity index (χ4v) is 2.60. The Balaban J connectivity index is 2.00. The molecule has 0 aliphatic carbocycles. The van der Waals surface area contributed by atoms with Gasteiger partial charge in [0.25, 0.3) is 0 Å². The van der Waals surface area contributed by atoms with Gasteiger partial charge in [0, 0.05) is 29.3 Å². The number of benzene rings is 1. The lowest BCUT2D eigenvalue weighted by molar-refractivity contribution is 0.849. The Labute approximate surface area is 104 Å². The number of nitrogens with two attached hydrogens (primary N) is 1. The van der Waals surface area contributed by atoms with E-state index in [2.05, 4.69) is 40.0 Å². The van der Waals surface area contributed by atoms with Crippen LogP contribution in [-0.4, -0.2) is 9.55 Å².